The SMILES string of the molecule is CCCS(=O)(=O)N1CCC(NC(=NCCNC(=O)c2ccc(O)cc2)NCC)CC1. The van der Waals surface area contributed by atoms with E-state index in [1.807, 2.05) is 13.8 Å². The molecule has 0 bridgehead atoms. The molecule has 1 aliphatic heterocycles. The molecule has 9 nitrogen and oxygen atoms in total. The third-order valence-corrected chi connectivity index (χ3v) is 6.87. The molecule has 0 radical (unpaired) electrons. The van der Waals surface area contributed by atoms with Gasteiger partial charge >= 0.3 is 0 Å². The smallest absolute Gasteiger partial charge is 0.251 e. The number of aliphatic imine (C=N–C) groups is 1. The third kappa shape index (κ3) is 7.49. The molecule has 0 spiro atoms. The maximum atomic E-state index is 12.2. The predicted octanol–water partition coefficient (Wildman–Crippen LogP) is 0.881. The van der Waals surface area contributed by atoms with Gasteiger partial charge in [-0.05, 0) is 50.5 Å². The maximum absolute atomic E-state index is 12.2. The van der Waals surface area contributed by atoms with Crippen molar-refractivity contribution in [3.8, 4) is 5.75 Å². The van der Waals surface area contributed by atoms with Crippen LogP contribution in [-0.4, -0.2) is 74.2 Å². The Labute approximate surface area is 179 Å². The molecule has 168 valence electrons. The van der Waals surface area contributed by atoms with Gasteiger partial charge in [0, 0.05) is 37.8 Å². The second-order valence-electron chi connectivity index (χ2n) is 7.20. The molecule has 1 aromatic rings. The zero-order valence-corrected chi connectivity index (χ0v) is 18.5. The molecule has 1 saturated heterocycles. The fourth-order valence-corrected chi connectivity index (χ4v) is 4.77. The zero-order valence-electron chi connectivity index (χ0n) is 17.7. The number of amides is 1. The minimum absolute atomic E-state index is 0.117. The van der Waals surface area contributed by atoms with Crippen LogP contribution in [-0.2, 0) is 10.0 Å². The molecular formula is C20H33N5O4S. The Hall–Kier alpha value is -2.33. The van der Waals surface area contributed by atoms with Crippen LogP contribution in [0.25, 0.3) is 0 Å². The van der Waals surface area contributed by atoms with Gasteiger partial charge in [0.2, 0.25) is 10.0 Å². The van der Waals surface area contributed by atoms with Crippen LogP contribution >= 0.6 is 0 Å². The summed E-state index contributed by atoms with van der Waals surface area (Å²) in [5.41, 5.74) is 0.478. The first-order chi connectivity index (χ1) is 14.4. The third-order valence-electron chi connectivity index (χ3n) is 4.79. The van der Waals surface area contributed by atoms with Crippen LogP contribution in [0.3, 0.4) is 0 Å². The first-order valence-corrected chi connectivity index (χ1v) is 12.1. The average molecular weight is 440 g/mol. The van der Waals surface area contributed by atoms with Crippen molar-refractivity contribution >= 4 is 21.9 Å². The zero-order chi connectivity index (χ0) is 22.0. The van der Waals surface area contributed by atoms with Crippen LogP contribution in [0.5, 0.6) is 5.75 Å². The summed E-state index contributed by atoms with van der Waals surface area (Å²) in [6, 6.07) is 6.22. The lowest BCUT2D eigenvalue weighted by atomic mass is 10.1. The molecule has 1 fully saturated rings. The number of carbonyl (C=O) groups is 1. The van der Waals surface area contributed by atoms with Crippen LogP contribution in [0.15, 0.2) is 29.3 Å². The van der Waals surface area contributed by atoms with E-state index in [9.17, 15) is 18.3 Å². The lowest BCUT2D eigenvalue weighted by molar-refractivity contribution is 0.0954. The van der Waals surface area contributed by atoms with E-state index in [0.29, 0.717) is 50.7 Å². The lowest BCUT2D eigenvalue weighted by Crippen LogP contribution is -2.50. The van der Waals surface area contributed by atoms with Crippen molar-refractivity contribution in [3.63, 3.8) is 0 Å². The number of rotatable bonds is 9. The largest absolute Gasteiger partial charge is 0.508 e. The molecule has 0 aliphatic carbocycles. The highest BCUT2D eigenvalue weighted by Crippen LogP contribution is 2.15. The number of nitrogens with zero attached hydrogens (tertiary/aromatic N) is 2. The molecule has 1 amide bonds. The Morgan fingerprint density at radius 3 is 2.43 bits per heavy atom. The van der Waals surface area contributed by atoms with Crippen molar-refractivity contribution in [2.45, 2.75) is 39.2 Å². The second kappa shape index (κ2) is 11.8. The number of hydrogen-bond acceptors (Lipinski definition) is 5. The van der Waals surface area contributed by atoms with Gasteiger partial charge in [0.15, 0.2) is 5.96 Å². The molecule has 0 unspecified atom stereocenters. The van der Waals surface area contributed by atoms with Gasteiger partial charge < -0.3 is 21.1 Å². The molecule has 1 aliphatic rings. The van der Waals surface area contributed by atoms with E-state index in [-0.39, 0.29) is 23.5 Å². The summed E-state index contributed by atoms with van der Waals surface area (Å²) in [5, 5.41) is 18.6. The van der Waals surface area contributed by atoms with Crippen molar-refractivity contribution in [1.82, 2.24) is 20.3 Å². The summed E-state index contributed by atoms with van der Waals surface area (Å²) in [5.74, 6) is 0.756. The number of aromatic hydroxyl groups is 1. The number of guanidine groups is 1. The monoisotopic (exact) mass is 439 g/mol. The van der Waals surface area contributed by atoms with E-state index in [2.05, 4.69) is 20.9 Å². The molecule has 4 N–H and O–H groups in total. The van der Waals surface area contributed by atoms with Crippen molar-refractivity contribution in [1.29, 1.82) is 0 Å². The summed E-state index contributed by atoms with van der Waals surface area (Å²) in [6.45, 7) is 6.37. The minimum atomic E-state index is -3.14. The van der Waals surface area contributed by atoms with Crippen LogP contribution in [0.4, 0.5) is 0 Å². The van der Waals surface area contributed by atoms with Crippen molar-refractivity contribution in [2.24, 2.45) is 4.99 Å². The lowest BCUT2D eigenvalue weighted by Gasteiger charge is -2.32. The van der Waals surface area contributed by atoms with E-state index in [1.165, 1.54) is 12.1 Å². The number of hydrogen-bond donors (Lipinski definition) is 4. The fraction of sp³-hybridized carbons (Fsp3) is 0.600. The van der Waals surface area contributed by atoms with Gasteiger partial charge in [-0.1, -0.05) is 6.92 Å². The minimum Gasteiger partial charge on any atom is -0.508 e. The summed E-state index contributed by atoms with van der Waals surface area (Å²) < 4.78 is 26.0. The number of nitrogens with one attached hydrogen (secondary N) is 3. The molecule has 30 heavy (non-hydrogen) atoms. The van der Waals surface area contributed by atoms with E-state index in [0.717, 1.165) is 12.8 Å². The van der Waals surface area contributed by atoms with E-state index >= 15 is 0 Å². The van der Waals surface area contributed by atoms with E-state index < -0.39 is 10.0 Å². The number of phenolic OH excluding ortho intramolecular Hbond substituents is 1. The average Bonchev–Trinajstić information content (AvgIpc) is 2.72. The Morgan fingerprint density at radius 2 is 1.83 bits per heavy atom. The molecule has 1 heterocycles. The van der Waals surface area contributed by atoms with Crippen molar-refractivity contribution in [2.75, 3.05) is 38.5 Å². The molecule has 10 heteroatoms. The van der Waals surface area contributed by atoms with Gasteiger partial charge in [-0.25, -0.2) is 12.7 Å². The maximum Gasteiger partial charge on any atom is 0.251 e. The number of piperidine rings is 1. The van der Waals surface area contributed by atoms with Crippen LogP contribution in [0.1, 0.15) is 43.5 Å². The van der Waals surface area contributed by atoms with Gasteiger partial charge in [-0.2, -0.15) is 0 Å². The first kappa shape index (κ1) is 23.9. The van der Waals surface area contributed by atoms with Crippen LogP contribution < -0.4 is 16.0 Å². The van der Waals surface area contributed by atoms with Gasteiger partial charge in [0.1, 0.15) is 5.75 Å². The molecule has 1 aromatic carbocycles. The highest BCUT2D eigenvalue weighted by atomic mass is 32.2. The van der Waals surface area contributed by atoms with Crippen LogP contribution in [0.2, 0.25) is 0 Å². The van der Waals surface area contributed by atoms with Gasteiger partial charge in [-0.15, -0.1) is 0 Å². The van der Waals surface area contributed by atoms with E-state index in [4.69, 9.17) is 0 Å². The molecular weight excluding hydrogens is 406 g/mol. The number of phenols is 1. The molecule has 0 aromatic heterocycles. The molecule has 2 rings (SSSR count). The predicted molar refractivity (Wildman–Crippen MR) is 118 cm³/mol. The Morgan fingerprint density at radius 1 is 1.17 bits per heavy atom. The number of carbonyl (C=O) groups excluding carboxylic acids is 1. The van der Waals surface area contributed by atoms with Gasteiger partial charge in [-0.3, -0.25) is 9.79 Å². The fourth-order valence-electron chi connectivity index (χ4n) is 3.23. The summed E-state index contributed by atoms with van der Waals surface area (Å²) in [4.78, 5) is 16.6. The van der Waals surface area contributed by atoms with Crippen LogP contribution in [0, 0.1) is 0 Å². The Balaban J connectivity index is 1.79. The highest BCUT2D eigenvalue weighted by Gasteiger charge is 2.27. The quantitative estimate of drug-likeness (QED) is 0.257. The summed E-state index contributed by atoms with van der Waals surface area (Å²) >= 11 is 0. The molecule has 0 saturated carbocycles. The summed E-state index contributed by atoms with van der Waals surface area (Å²) in [6.07, 6.45) is 2.08. The normalized spacial score (nSPS) is 16.3. The first-order valence-electron chi connectivity index (χ1n) is 10.5. The van der Waals surface area contributed by atoms with Crippen molar-refractivity contribution in [3.05, 3.63) is 29.8 Å². The topological polar surface area (TPSA) is 123 Å². The van der Waals surface area contributed by atoms with Crippen molar-refractivity contribution < 1.29 is 18.3 Å². The Bertz CT molecular complexity index is 803. The number of sulfonamides is 1. The second-order valence-corrected chi connectivity index (χ2v) is 9.29. The summed E-state index contributed by atoms with van der Waals surface area (Å²) in [7, 11) is -3.14. The number of benzene rings is 1. The highest BCUT2D eigenvalue weighted by molar-refractivity contribution is 7.89. The molecule has 0 atom stereocenters. The van der Waals surface area contributed by atoms with Gasteiger partial charge in [0.05, 0.1) is 12.3 Å². The Kier molecular flexibility index (Phi) is 9.38. The van der Waals surface area contributed by atoms with Gasteiger partial charge in [0.25, 0.3) is 5.91 Å². The standard InChI is InChI=1S/C20H33N5O4S/c1-3-15-30(28,29)25-13-9-17(10-14-25)24-20(21-4-2)23-12-11-22-19(27)16-5-7-18(26)8-6-16/h5-8,17,26H,3-4,9-15H2,1-2H3,(H,22,27)(H2,21,23,24). The van der Waals surface area contributed by atoms with E-state index in [1.54, 1.807) is 16.4 Å².